The summed E-state index contributed by atoms with van der Waals surface area (Å²) in [5, 5.41) is 6.20. The predicted molar refractivity (Wildman–Crippen MR) is 78.9 cm³/mol. The van der Waals surface area contributed by atoms with Gasteiger partial charge in [-0.05, 0) is 48.1 Å². The van der Waals surface area contributed by atoms with E-state index in [-0.39, 0.29) is 5.56 Å². The standard InChI is InChI=1S/C16H16N2O2/c1-3-10-8-12(13-6-7-17-18-16(13)19)9-14(11-4-5-11)15(10)20-2/h3,6-9,11H,1,4-5H2,2H3,(H,18,19). The van der Waals surface area contributed by atoms with Crippen LogP contribution in [-0.4, -0.2) is 17.3 Å². The van der Waals surface area contributed by atoms with Gasteiger partial charge in [0.25, 0.3) is 5.56 Å². The van der Waals surface area contributed by atoms with Crippen molar-refractivity contribution in [2.45, 2.75) is 18.8 Å². The molecule has 0 bridgehead atoms. The third kappa shape index (κ3) is 2.13. The number of H-pyrrole nitrogens is 1. The monoisotopic (exact) mass is 268 g/mol. The third-order valence-corrected chi connectivity index (χ3v) is 3.63. The molecule has 0 aliphatic heterocycles. The highest BCUT2D eigenvalue weighted by molar-refractivity contribution is 5.72. The lowest BCUT2D eigenvalue weighted by Gasteiger charge is -2.13. The van der Waals surface area contributed by atoms with Crippen LogP contribution in [0.5, 0.6) is 5.75 Å². The topological polar surface area (TPSA) is 55.0 Å². The zero-order chi connectivity index (χ0) is 14.1. The van der Waals surface area contributed by atoms with E-state index in [1.54, 1.807) is 25.4 Å². The Morgan fingerprint density at radius 3 is 2.85 bits per heavy atom. The average Bonchev–Trinajstić information content (AvgIpc) is 3.31. The predicted octanol–water partition coefficient (Wildman–Crippen LogP) is 2.97. The highest BCUT2D eigenvalue weighted by Gasteiger charge is 2.28. The molecule has 102 valence electrons. The molecule has 1 fully saturated rings. The molecule has 1 heterocycles. The van der Waals surface area contributed by atoms with Crippen LogP contribution < -0.4 is 10.3 Å². The second-order valence-corrected chi connectivity index (χ2v) is 4.97. The molecule has 1 N–H and O–H groups in total. The molecule has 1 aromatic heterocycles. The van der Waals surface area contributed by atoms with Crippen molar-refractivity contribution < 1.29 is 4.74 Å². The average molecular weight is 268 g/mol. The Kier molecular flexibility index (Phi) is 3.14. The second kappa shape index (κ2) is 4.96. The van der Waals surface area contributed by atoms with Crippen molar-refractivity contribution >= 4 is 6.08 Å². The number of ether oxygens (including phenoxy) is 1. The molecule has 20 heavy (non-hydrogen) atoms. The second-order valence-electron chi connectivity index (χ2n) is 4.97. The zero-order valence-corrected chi connectivity index (χ0v) is 11.3. The van der Waals surface area contributed by atoms with Gasteiger partial charge in [-0.3, -0.25) is 4.79 Å². The maximum Gasteiger partial charge on any atom is 0.272 e. The van der Waals surface area contributed by atoms with Gasteiger partial charge in [0.15, 0.2) is 0 Å². The molecule has 4 nitrogen and oxygen atoms in total. The first-order valence-electron chi connectivity index (χ1n) is 6.63. The molecule has 2 aromatic rings. The van der Waals surface area contributed by atoms with E-state index in [1.165, 1.54) is 12.8 Å². The van der Waals surface area contributed by atoms with Crippen LogP contribution in [0.1, 0.15) is 29.9 Å². The number of benzene rings is 1. The molecule has 0 radical (unpaired) electrons. The quantitative estimate of drug-likeness (QED) is 0.927. The molecule has 0 unspecified atom stereocenters. The molecule has 1 aromatic carbocycles. The van der Waals surface area contributed by atoms with Crippen LogP contribution in [0.4, 0.5) is 0 Å². The molecule has 3 rings (SSSR count). The Balaban J connectivity index is 2.22. The molecule has 1 aliphatic carbocycles. The molecule has 0 atom stereocenters. The molecule has 0 amide bonds. The summed E-state index contributed by atoms with van der Waals surface area (Å²) in [5.74, 6) is 1.40. The first-order chi connectivity index (χ1) is 9.74. The molecule has 1 aliphatic rings. The maximum atomic E-state index is 11.9. The van der Waals surface area contributed by atoms with Gasteiger partial charge in [-0.15, -0.1) is 0 Å². The smallest absolute Gasteiger partial charge is 0.272 e. The van der Waals surface area contributed by atoms with E-state index in [0.29, 0.717) is 11.5 Å². The van der Waals surface area contributed by atoms with Crippen molar-refractivity contribution in [3.05, 3.63) is 52.5 Å². The fourth-order valence-corrected chi connectivity index (χ4v) is 2.49. The lowest BCUT2D eigenvalue weighted by Crippen LogP contribution is -2.10. The fourth-order valence-electron chi connectivity index (χ4n) is 2.49. The van der Waals surface area contributed by atoms with Gasteiger partial charge in [0.2, 0.25) is 0 Å². The van der Waals surface area contributed by atoms with Crippen LogP contribution in [0.2, 0.25) is 0 Å². The van der Waals surface area contributed by atoms with Crippen LogP contribution in [0, 0.1) is 0 Å². The highest BCUT2D eigenvalue weighted by Crippen LogP contribution is 2.46. The van der Waals surface area contributed by atoms with Crippen LogP contribution >= 0.6 is 0 Å². The fraction of sp³-hybridized carbons (Fsp3) is 0.250. The van der Waals surface area contributed by atoms with Gasteiger partial charge < -0.3 is 4.74 Å². The van der Waals surface area contributed by atoms with Gasteiger partial charge in [-0.2, -0.15) is 5.10 Å². The Bertz CT molecular complexity index is 715. The number of hydrogen-bond acceptors (Lipinski definition) is 3. The van der Waals surface area contributed by atoms with Crippen molar-refractivity contribution in [3.63, 3.8) is 0 Å². The molecule has 0 saturated heterocycles. The number of aromatic nitrogens is 2. The van der Waals surface area contributed by atoms with E-state index in [9.17, 15) is 4.79 Å². The minimum Gasteiger partial charge on any atom is -0.496 e. The Labute approximate surface area is 117 Å². The van der Waals surface area contributed by atoms with Crippen molar-refractivity contribution in [1.29, 1.82) is 0 Å². The minimum atomic E-state index is -0.186. The SMILES string of the molecule is C=Cc1cc(-c2ccn[nH]c2=O)cc(C2CC2)c1OC. The first kappa shape index (κ1) is 12.7. The van der Waals surface area contributed by atoms with Gasteiger partial charge in [-0.25, -0.2) is 5.10 Å². The van der Waals surface area contributed by atoms with E-state index >= 15 is 0 Å². The lowest BCUT2D eigenvalue weighted by atomic mass is 9.97. The lowest BCUT2D eigenvalue weighted by molar-refractivity contribution is 0.409. The third-order valence-electron chi connectivity index (χ3n) is 3.63. The largest absolute Gasteiger partial charge is 0.496 e. The van der Waals surface area contributed by atoms with Crippen LogP contribution in [0.15, 0.2) is 35.8 Å². The summed E-state index contributed by atoms with van der Waals surface area (Å²) in [6.45, 7) is 3.84. The van der Waals surface area contributed by atoms with Crippen molar-refractivity contribution in [3.8, 4) is 16.9 Å². The molecular formula is C16H16N2O2. The van der Waals surface area contributed by atoms with E-state index in [1.807, 2.05) is 12.1 Å². The van der Waals surface area contributed by atoms with Crippen molar-refractivity contribution in [2.75, 3.05) is 7.11 Å². The summed E-state index contributed by atoms with van der Waals surface area (Å²) >= 11 is 0. The molecule has 0 spiro atoms. The summed E-state index contributed by atoms with van der Waals surface area (Å²) in [6, 6.07) is 5.71. The van der Waals surface area contributed by atoms with Gasteiger partial charge in [0.1, 0.15) is 5.75 Å². The van der Waals surface area contributed by atoms with Gasteiger partial charge in [-0.1, -0.05) is 12.7 Å². The number of hydrogen-bond donors (Lipinski definition) is 1. The van der Waals surface area contributed by atoms with Gasteiger partial charge in [0, 0.05) is 11.8 Å². The number of rotatable bonds is 4. The maximum absolute atomic E-state index is 11.9. The number of methoxy groups -OCH3 is 1. The van der Waals surface area contributed by atoms with E-state index in [2.05, 4.69) is 16.8 Å². The zero-order valence-electron chi connectivity index (χ0n) is 11.3. The van der Waals surface area contributed by atoms with Crippen molar-refractivity contribution in [2.24, 2.45) is 0 Å². The van der Waals surface area contributed by atoms with Crippen molar-refractivity contribution in [1.82, 2.24) is 10.2 Å². The van der Waals surface area contributed by atoms with Crippen LogP contribution in [0.25, 0.3) is 17.2 Å². The number of nitrogens with zero attached hydrogens (tertiary/aromatic N) is 1. The summed E-state index contributed by atoms with van der Waals surface area (Å²) in [4.78, 5) is 11.9. The van der Waals surface area contributed by atoms with Crippen LogP contribution in [0.3, 0.4) is 0 Å². The first-order valence-corrected chi connectivity index (χ1v) is 6.63. The Morgan fingerprint density at radius 1 is 1.45 bits per heavy atom. The number of aromatic amines is 1. The van der Waals surface area contributed by atoms with E-state index in [4.69, 9.17) is 4.74 Å². The summed E-state index contributed by atoms with van der Waals surface area (Å²) in [7, 11) is 1.67. The van der Waals surface area contributed by atoms with Gasteiger partial charge in [0.05, 0.1) is 12.7 Å². The summed E-state index contributed by atoms with van der Waals surface area (Å²) in [5.41, 5.74) is 3.40. The highest BCUT2D eigenvalue weighted by atomic mass is 16.5. The molecular weight excluding hydrogens is 252 g/mol. The summed E-state index contributed by atoms with van der Waals surface area (Å²) < 4.78 is 5.52. The molecule has 4 heteroatoms. The normalized spacial score (nSPS) is 14.1. The number of nitrogens with one attached hydrogen (secondary N) is 1. The Morgan fingerprint density at radius 2 is 2.25 bits per heavy atom. The van der Waals surface area contributed by atoms with E-state index in [0.717, 1.165) is 22.4 Å². The van der Waals surface area contributed by atoms with Gasteiger partial charge >= 0.3 is 0 Å². The minimum absolute atomic E-state index is 0.186. The summed E-state index contributed by atoms with van der Waals surface area (Å²) in [6.07, 6.45) is 5.70. The Hall–Kier alpha value is -2.36. The van der Waals surface area contributed by atoms with E-state index < -0.39 is 0 Å². The molecule has 1 saturated carbocycles. The van der Waals surface area contributed by atoms with Crippen LogP contribution in [-0.2, 0) is 0 Å².